The van der Waals surface area contributed by atoms with Crippen LogP contribution in [0.1, 0.15) is 0 Å². The summed E-state index contributed by atoms with van der Waals surface area (Å²) >= 11 is 0. The van der Waals surface area contributed by atoms with Crippen molar-refractivity contribution in [1.82, 2.24) is 47.0 Å². The van der Waals surface area contributed by atoms with E-state index in [4.69, 9.17) is 19.9 Å². The lowest BCUT2D eigenvalue weighted by Crippen LogP contribution is -2.04. The molecule has 28 rings (SSSR count). The monoisotopic (exact) mass is 1500 g/mol. The van der Waals surface area contributed by atoms with Crippen LogP contribution in [0.4, 0.5) is 0 Å². The van der Waals surface area contributed by atoms with E-state index in [0.717, 1.165) is 161 Å². The molecule has 18 aromatic carbocycles. The Labute approximate surface area is 670 Å². The number of benzene rings is 18. The van der Waals surface area contributed by atoms with Crippen molar-refractivity contribution < 1.29 is 0 Å². The van der Waals surface area contributed by atoms with Crippen LogP contribution in [0.25, 0.3) is 264 Å². The van der Waals surface area contributed by atoms with Gasteiger partial charge in [0, 0.05) is 109 Å². The van der Waals surface area contributed by atoms with Gasteiger partial charge in [0.05, 0.1) is 99.3 Å². The van der Waals surface area contributed by atoms with Gasteiger partial charge < -0.3 is 17.9 Å². The Balaban J connectivity index is 0.677. The molecule has 10 heteroatoms. The molecule has 10 aromatic heterocycles. The molecule has 0 atom stereocenters. The second kappa shape index (κ2) is 22.9. The van der Waals surface area contributed by atoms with Gasteiger partial charge in [0.1, 0.15) is 11.4 Å². The van der Waals surface area contributed by atoms with Crippen LogP contribution in [0, 0.1) is 0 Å². The van der Waals surface area contributed by atoms with Gasteiger partial charge in [-0.2, -0.15) is 0 Å². The number of aromatic nitrogens is 10. The van der Waals surface area contributed by atoms with Gasteiger partial charge in [-0.05, 0) is 172 Å². The summed E-state index contributed by atoms with van der Waals surface area (Å²) in [5.74, 6) is 1.54. The second-order valence-electron chi connectivity index (χ2n) is 31.9. The van der Waals surface area contributed by atoms with Crippen molar-refractivity contribution in [2.75, 3.05) is 0 Å². The molecule has 0 aliphatic heterocycles. The first-order valence-corrected chi connectivity index (χ1v) is 40.4. The van der Waals surface area contributed by atoms with Gasteiger partial charge in [0.15, 0.2) is 11.6 Å². The summed E-state index contributed by atoms with van der Waals surface area (Å²) in [6.07, 6.45) is 0. The molecule has 10 nitrogen and oxygen atoms in total. The van der Waals surface area contributed by atoms with Crippen LogP contribution in [-0.2, 0) is 0 Å². The van der Waals surface area contributed by atoms with Crippen molar-refractivity contribution in [2.24, 2.45) is 0 Å². The topological polar surface area (TPSA) is 80.1 Å². The normalized spacial score (nSPS) is 12.6. The zero-order valence-electron chi connectivity index (χ0n) is 63.1. The molecule has 0 saturated heterocycles. The van der Waals surface area contributed by atoms with Crippen molar-refractivity contribution in [1.29, 1.82) is 0 Å². The average Bonchev–Trinajstić information content (AvgIpc) is 1.51. The fourth-order valence-electron chi connectivity index (χ4n) is 21.1. The Morgan fingerprint density at radius 2 is 0.492 bits per heavy atom. The van der Waals surface area contributed by atoms with Gasteiger partial charge in [0.25, 0.3) is 0 Å². The van der Waals surface area contributed by atoms with E-state index in [-0.39, 0.29) is 0 Å². The number of para-hydroxylation sites is 10. The molecule has 0 spiro atoms. The summed E-state index contributed by atoms with van der Waals surface area (Å²) in [4.78, 5) is 23.2. The van der Waals surface area contributed by atoms with Crippen LogP contribution in [0.3, 0.4) is 0 Å². The first kappa shape index (κ1) is 62.5. The molecule has 0 amide bonds. The summed E-state index contributed by atoms with van der Waals surface area (Å²) in [5, 5.41) is 23.7. The van der Waals surface area contributed by atoms with Crippen molar-refractivity contribution >= 4 is 207 Å². The van der Waals surface area contributed by atoms with Crippen LogP contribution in [0.5, 0.6) is 0 Å². The first-order chi connectivity index (χ1) is 58.6. The molecule has 0 N–H and O–H groups in total. The van der Waals surface area contributed by atoms with Crippen LogP contribution in [0.15, 0.2) is 364 Å². The minimum atomic E-state index is 0.770. The quantitative estimate of drug-likeness (QED) is 0.159. The zero-order valence-corrected chi connectivity index (χ0v) is 63.1. The Morgan fingerprint density at radius 1 is 0.169 bits per heavy atom. The van der Waals surface area contributed by atoms with Gasteiger partial charge in [-0.3, -0.25) is 9.13 Å². The predicted molar refractivity (Wildman–Crippen MR) is 491 cm³/mol. The Bertz CT molecular complexity index is 9340. The van der Waals surface area contributed by atoms with E-state index >= 15 is 0 Å². The highest BCUT2D eigenvalue weighted by Gasteiger charge is 2.32. The van der Waals surface area contributed by atoms with Crippen molar-refractivity contribution in [3.8, 4) is 56.7 Å². The van der Waals surface area contributed by atoms with Gasteiger partial charge in [0.2, 0.25) is 0 Å². The highest BCUT2D eigenvalue weighted by atomic mass is 15.1. The van der Waals surface area contributed by atoms with Gasteiger partial charge in [-0.1, -0.05) is 224 Å². The van der Waals surface area contributed by atoms with Gasteiger partial charge in [-0.15, -0.1) is 0 Å². The number of nitrogens with zero attached hydrogens (tertiary/aromatic N) is 10. The van der Waals surface area contributed by atoms with Crippen LogP contribution in [-0.4, -0.2) is 47.0 Å². The summed E-state index contributed by atoms with van der Waals surface area (Å²) < 4.78 is 14.8. The van der Waals surface area contributed by atoms with E-state index in [1.54, 1.807) is 0 Å². The Morgan fingerprint density at radius 3 is 1.01 bits per heavy atom. The molecule has 10 heterocycles. The third kappa shape index (κ3) is 8.18. The van der Waals surface area contributed by atoms with Gasteiger partial charge in [-0.25, -0.2) is 19.9 Å². The smallest absolute Gasteiger partial charge is 0.165 e. The van der Waals surface area contributed by atoms with E-state index < -0.39 is 0 Å². The lowest BCUT2D eigenvalue weighted by atomic mass is 9.97. The third-order valence-electron chi connectivity index (χ3n) is 25.9. The highest BCUT2D eigenvalue weighted by molar-refractivity contribution is 6.40. The lowest BCUT2D eigenvalue weighted by molar-refractivity contribution is 1.08. The molecular formula is C108H60N10. The van der Waals surface area contributed by atoms with Crippen LogP contribution >= 0.6 is 0 Å². The Kier molecular flexibility index (Phi) is 12.1. The lowest BCUT2D eigenvalue weighted by Gasteiger charge is -2.15. The SMILES string of the molecule is c1ccc(-n2c3ccc(-c4ccc5c(c4)c4cc6c7ccccc7n(-c7nc8ccccc8nc7-c7ccc8c9ccccc9n(-c9ccccc9)c8c7)c6c6c7c8ccccc8ccc7n5c46)cc3c3cc(-c4nc5ccccc5nc4-n4c5ccccc5c5cc6c7ccccc7n7c8ccc9ccccc9c8c(c54)c67)ccc32)cc1. The number of rotatable bonds is 7. The summed E-state index contributed by atoms with van der Waals surface area (Å²) in [5.41, 5.74) is 27.1. The largest absolute Gasteiger partial charge is 0.309 e. The molecule has 0 aliphatic rings. The molecule has 0 saturated carbocycles. The third-order valence-corrected chi connectivity index (χ3v) is 25.9. The predicted octanol–water partition coefficient (Wildman–Crippen LogP) is 27.6. The minimum Gasteiger partial charge on any atom is -0.309 e. The maximum atomic E-state index is 5.84. The highest BCUT2D eigenvalue weighted by Crippen LogP contribution is 2.53. The fourth-order valence-corrected chi connectivity index (χ4v) is 21.1. The van der Waals surface area contributed by atoms with E-state index in [0.29, 0.717) is 0 Å². The van der Waals surface area contributed by atoms with Crippen LogP contribution in [0.2, 0.25) is 0 Å². The average molecular weight is 1500 g/mol. The maximum absolute atomic E-state index is 5.84. The van der Waals surface area contributed by atoms with E-state index in [9.17, 15) is 0 Å². The number of hydrogen-bond donors (Lipinski definition) is 0. The molecule has 0 fully saturated rings. The Hall–Kier alpha value is -16.0. The standard InChI is InChI=1S/C108H60N10/c1-3-25-67(26-4-1)113-91-50-46-63(55-76(91)77-57-65(48-52-92(77)113)101-107(111-85-37-17-15-35-83(85)109-101)117-89-41-21-13-33-73(89)80-59-79-72-32-12-20-40-88(72)115-94-53-44-61-23-7-9-29-69(61)97(94)99(103(79)115)105(80)117)64-47-51-93-78(56-64)82-60-81-74-34-14-22-42-90(74)118(106(81)100-98-70-30-10-8-24-62(70)45-54-95(98)116(93)104(82)100)108-102(110-84-36-16-18-38-86(84)112-108)66-43-49-75-71-31-11-19-39-87(71)114(96(75)58-66)68-27-5-2-6-28-68/h1-60H. The molecule has 118 heavy (non-hydrogen) atoms. The van der Waals surface area contributed by atoms with Gasteiger partial charge >= 0.3 is 0 Å². The minimum absolute atomic E-state index is 0.770. The maximum Gasteiger partial charge on any atom is 0.165 e. The summed E-state index contributed by atoms with van der Waals surface area (Å²) in [6, 6.07) is 134. The number of hydrogen-bond acceptors (Lipinski definition) is 4. The molecule has 0 radical (unpaired) electrons. The summed E-state index contributed by atoms with van der Waals surface area (Å²) in [6.45, 7) is 0. The van der Waals surface area contributed by atoms with E-state index in [2.05, 4.69) is 391 Å². The molecule has 28 aromatic rings. The number of fused-ring (bicyclic) bond motifs is 32. The van der Waals surface area contributed by atoms with Crippen molar-refractivity contribution in [2.45, 2.75) is 0 Å². The zero-order chi connectivity index (χ0) is 76.4. The molecule has 0 aliphatic carbocycles. The van der Waals surface area contributed by atoms with Crippen LogP contribution < -0.4 is 0 Å². The van der Waals surface area contributed by atoms with E-state index in [1.807, 2.05) is 0 Å². The molecule has 0 unspecified atom stereocenters. The molecule has 542 valence electrons. The van der Waals surface area contributed by atoms with Crippen molar-refractivity contribution in [3.63, 3.8) is 0 Å². The van der Waals surface area contributed by atoms with E-state index in [1.165, 1.54) is 103 Å². The first-order valence-electron chi connectivity index (χ1n) is 40.4. The van der Waals surface area contributed by atoms with Crippen molar-refractivity contribution in [3.05, 3.63) is 364 Å². The molecular weight excluding hydrogens is 1440 g/mol. The fraction of sp³-hybridized carbons (Fsp3) is 0. The molecule has 0 bridgehead atoms. The summed E-state index contributed by atoms with van der Waals surface area (Å²) in [7, 11) is 0. The second-order valence-corrected chi connectivity index (χ2v) is 31.9.